The van der Waals surface area contributed by atoms with Gasteiger partial charge < -0.3 is 9.64 Å². The molecule has 28 heavy (non-hydrogen) atoms. The van der Waals surface area contributed by atoms with Gasteiger partial charge >= 0.3 is 0 Å². The minimum Gasteiger partial charge on any atom is -0.489 e. The topological polar surface area (TPSA) is 76.0 Å². The zero-order valence-electron chi connectivity index (χ0n) is 16.3. The molecule has 8 heteroatoms. The summed E-state index contributed by atoms with van der Waals surface area (Å²) in [6.07, 6.45) is 3.32. The van der Waals surface area contributed by atoms with Crippen LogP contribution in [0.2, 0.25) is 5.02 Å². The van der Waals surface area contributed by atoms with Gasteiger partial charge in [-0.15, -0.1) is 0 Å². The van der Waals surface area contributed by atoms with Crippen molar-refractivity contribution in [1.29, 1.82) is 0 Å². The summed E-state index contributed by atoms with van der Waals surface area (Å²) in [7, 11) is 0. The van der Waals surface area contributed by atoms with Crippen molar-refractivity contribution in [3.05, 3.63) is 45.8 Å². The second-order valence-electron chi connectivity index (χ2n) is 8.09. The molecule has 1 N–H and O–H groups in total. The molecule has 2 aromatic heterocycles. The molecule has 0 unspecified atom stereocenters. The van der Waals surface area contributed by atoms with Crippen molar-refractivity contribution < 1.29 is 4.74 Å². The molecule has 148 valence electrons. The summed E-state index contributed by atoms with van der Waals surface area (Å²) in [5.41, 5.74) is 0.195. The van der Waals surface area contributed by atoms with Crippen molar-refractivity contribution in [3.63, 3.8) is 0 Å². The summed E-state index contributed by atoms with van der Waals surface area (Å²) in [5, 5.41) is 5.50. The first-order valence-corrected chi connectivity index (χ1v) is 9.85. The third-order valence-electron chi connectivity index (χ3n) is 4.93. The van der Waals surface area contributed by atoms with Crippen LogP contribution in [0, 0.1) is 0 Å². The van der Waals surface area contributed by atoms with Gasteiger partial charge in [-0.25, -0.2) is 4.68 Å². The highest BCUT2D eigenvalue weighted by Gasteiger charge is 2.25. The summed E-state index contributed by atoms with van der Waals surface area (Å²) in [4.78, 5) is 22.2. The Kier molecular flexibility index (Phi) is 4.79. The van der Waals surface area contributed by atoms with Gasteiger partial charge in [-0.05, 0) is 32.9 Å². The van der Waals surface area contributed by atoms with E-state index >= 15 is 0 Å². The smallest absolute Gasteiger partial charge is 0.263 e. The number of piperidine rings is 1. The first kappa shape index (κ1) is 18.8. The number of nitrogens with one attached hydrogen (secondary N) is 1. The largest absolute Gasteiger partial charge is 0.489 e. The monoisotopic (exact) mass is 401 g/mol. The number of nitrogens with zero attached hydrogens (tertiary/aromatic N) is 4. The number of anilines is 1. The van der Waals surface area contributed by atoms with Crippen LogP contribution in [0.15, 0.2) is 35.3 Å². The predicted octanol–water partition coefficient (Wildman–Crippen LogP) is 3.58. The summed E-state index contributed by atoms with van der Waals surface area (Å²) in [6, 6.07) is 7.51. The van der Waals surface area contributed by atoms with E-state index in [1.807, 2.05) is 45.0 Å². The fourth-order valence-corrected chi connectivity index (χ4v) is 3.63. The van der Waals surface area contributed by atoms with E-state index in [1.54, 1.807) is 10.9 Å². The Morgan fingerprint density at radius 1 is 1.21 bits per heavy atom. The third-order valence-corrected chi connectivity index (χ3v) is 5.25. The summed E-state index contributed by atoms with van der Waals surface area (Å²) >= 11 is 6.19. The zero-order valence-corrected chi connectivity index (χ0v) is 17.0. The number of aromatic amines is 1. The lowest BCUT2D eigenvalue weighted by Gasteiger charge is -2.32. The molecule has 7 nitrogen and oxygen atoms in total. The van der Waals surface area contributed by atoms with Crippen LogP contribution < -0.4 is 15.2 Å². The SMILES string of the molecule is CC(C)(C)n1ncc2c(=O)[nH]c(N3CCC(Oc4ccccc4Cl)CC3)nc21. The number of hydrogen-bond acceptors (Lipinski definition) is 5. The molecule has 0 spiro atoms. The second kappa shape index (κ2) is 7.13. The van der Waals surface area contributed by atoms with Crippen molar-refractivity contribution >= 4 is 28.6 Å². The molecule has 1 aromatic carbocycles. The van der Waals surface area contributed by atoms with Crippen molar-refractivity contribution in [2.75, 3.05) is 18.0 Å². The van der Waals surface area contributed by atoms with Crippen LogP contribution >= 0.6 is 11.6 Å². The Hall–Kier alpha value is -2.54. The first-order chi connectivity index (χ1) is 13.3. The minimum absolute atomic E-state index is 0.0895. The average Bonchev–Trinajstić information content (AvgIpc) is 3.09. The van der Waals surface area contributed by atoms with E-state index in [4.69, 9.17) is 21.3 Å². The van der Waals surface area contributed by atoms with Crippen LogP contribution in [0.1, 0.15) is 33.6 Å². The van der Waals surface area contributed by atoms with Gasteiger partial charge in [0.15, 0.2) is 5.65 Å². The van der Waals surface area contributed by atoms with E-state index in [-0.39, 0.29) is 17.2 Å². The molecule has 0 atom stereocenters. The van der Waals surface area contributed by atoms with Gasteiger partial charge in [0, 0.05) is 25.9 Å². The van der Waals surface area contributed by atoms with E-state index in [0.717, 1.165) is 25.9 Å². The summed E-state index contributed by atoms with van der Waals surface area (Å²) in [5.74, 6) is 1.30. The molecule has 0 bridgehead atoms. The molecule has 1 aliphatic heterocycles. The number of halogens is 1. The Bertz CT molecular complexity index is 1040. The minimum atomic E-state index is -0.254. The van der Waals surface area contributed by atoms with Gasteiger partial charge in [0.2, 0.25) is 5.95 Å². The van der Waals surface area contributed by atoms with Gasteiger partial charge in [-0.1, -0.05) is 23.7 Å². The molecule has 0 radical (unpaired) electrons. The lowest BCUT2D eigenvalue weighted by Crippen LogP contribution is -2.40. The summed E-state index contributed by atoms with van der Waals surface area (Å²) < 4.78 is 7.85. The van der Waals surface area contributed by atoms with E-state index in [2.05, 4.69) is 15.0 Å². The molecule has 1 fully saturated rings. The normalized spacial score (nSPS) is 15.9. The van der Waals surface area contributed by atoms with Crippen molar-refractivity contribution in [2.45, 2.75) is 45.3 Å². The van der Waals surface area contributed by atoms with Gasteiger partial charge in [-0.2, -0.15) is 10.1 Å². The Balaban J connectivity index is 1.52. The van der Waals surface area contributed by atoms with Crippen LogP contribution in [-0.2, 0) is 5.54 Å². The van der Waals surface area contributed by atoms with Crippen LogP contribution in [0.5, 0.6) is 5.75 Å². The van der Waals surface area contributed by atoms with Gasteiger partial charge in [0.25, 0.3) is 5.56 Å². The predicted molar refractivity (Wildman–Crippen MR) is 110 cm³/mol. The Morgan fingerprint density at radius 2 is 1.93 bits per heavy atom. The average molecular weight is 402 g/mol. The quantitative estimate of drug-likeness (QED) is 0.726. The number of benzene rings is 1. The summed E-state index contributed by atoms with van der Waals surface area (Å²) in [6.45, 7) is 7.61. The maximum atomic E-state index is 12.5. The van der Waals surface area contributed by atoms with E-state index < -0.39 is 0 Å². The highest BCUT2D eigenvalue weighted by molar-refractivity contribution is 6.32. The molecule has 1 aliphatic rings. The van der Waals surface area contributed by atoms with E-state index in [1.165, 1.54) is 0 Å². The fourth-order valence-electron chi connectivity index (χ4n) is 3.45. The zero-order chi connectivity index (χ0) is 19.9. The lowest BCUT2D eigenvalue weighted by atomic mass is 10.1. The Labute approximate surface area is 168 Å². The second-order valence-corrected chi connectivity index (χ2v) is 8.50. The van der Waals surface area contributed by atoms with Crippen molar-refractivity contribution in [1.82, 2.24) is 19.7 Å². The van der Waals surface area contributed by atoms with Gasteiger partial charge in [-0.3, -0.25) is 9.78 Å². The molecule has 0 amide bonds. The maximum absolute atomic E-state index is 12.5. The maximum Gasteiger partial charge on any atom is 0.263 e. The molecular weight excluding hydrogens is 378 g/mol. The van der Waals surface area contributed by atoms with Gasteiger partial charge in [0.1, 0.15) is 17.2 Å². The number of para-hydroxylation sites is 1. The highest BCUT2D eigenvalue weighted by atomic mass is 35.5. The molecule has 3 aromatic rings. The van der Waals surface area contributed by atoms with Crippen LogP contribution in [0.3, 0.4) is 0 Å². The molecular formula is C20H24ClN5O2. The molecule has 0 saturated carbocycles. The van der Waals surface area contributed by atoms with Crippen LogP contribution in [-0.4, -0.2) is 38.9 Å². The number of hydrogen-bond donors (Lipinski definition) is 1. The molecule has 1 saturated heterocycles. The number of H-pyrrole nitrogens is 1. The lowest BCUT2D eigenvalue weighted by molar-refractivity contribution is 0.170. The van der Waals surface area contributed by atoms with E-state index in [0.29, 0.717) is 27.8 Å². The standard InChI is InChI=1S/C20H24ClN5O2/c1-20(2,3)26-17-14(12-22-26)18(27)24-19(23-17)25-10-8-13(9-11-25)28-16-7-5-4-6-15(16)21/h4-7,12-13H,8-11H2,1-3H3,(H,23,24,27). The van der Waals surface area contributed by atoms with E-state index in [9.17, 15) is 4.79 Å². The van der Waals surface area contributed by atoms with Crippen molar-refractivity contribution in [2.24, 2.45) is 0 Å². The fraction of sp³-hybridized carbons (Fsp3) is 0.450. The van der Waals surface area contributed by atoms with Crippen LogP contribution in [0.25, 0.3) is 11.0 Å². The number of rotatable bonds is 3. The Morgan fingerprint density at radius 3 is 2.61 bits per heavy atom. The third kappa shape index (κ3) is 3.58. The first-order valence-electron chi connectivity index (χ1n) is 9.47. The van der Waals surface area contributed by atoms with Crippen LogP contribution in [0.4, 0.5) is 5.95 Å². The van der Waals surface area contributed by atoms with Crippen molar-refractivity contribution in [3.8, 4) is 5.75 Å². The number of aromatic nitrogens is 4. The highest BCUT2D eigenvalue weighted by Crippen LogP contribution is 2.27. The number of ether oxygens (including phenoxy) is 1. The molecule has 0 aliphatic carbocycles. The number of fused-ring (bicyclic) bond motifs is 1. The molecule has 3 heterocycles. The van der Waals surface area contributed by atoms with Gasteiger partial charge in [0.05, 0.1) is 16.8 Å². The molecule has 4 rings (SSSR count).